The summed E-state index contributed by atoms with van der Waals surface area (Å²) < 4.78 is 40.7. The number of urea groups is 1. The lowest BCUT2D eigenvalue weighted by Crippen LogP contribution is -2.36. The number of hydrogen-bond acceptors (Lipinski definition) is 3. The van der Waals surface area contributed by atoms with Crippen LogP contribution in [0.1, 0.15) is 21.6 Å². The summed E-state index contributed by atoms with van der Waals surface area (Å²) in [5, 5.41) is 4.82. The topological polar surface area (TPSA) is 41.6 Å². The van der Waals surface area contributed by atoms with Gasteiger partial charge in [0.05, 0.1) is 13.2 Å². The van der Waals surface area contributed by atoms with Crippen molar-refractivity contribution in [2.75, 3.05) is 13.7 Å². The molecule has 4 nitrogen and oxygen atoms in total. The second kappa shape index (κ2) is 9.05. The number of nitrogens with zero attached hydrogens (tertiary/aromatic N) is 1. The van der Waals surface area contributed by atoms with Gasteiger partial charge in [-0.25, -0.2) is 4.79 Å². The summed E-state index contributed by atoms with van der Waals surface area (Å²) in [7, 11) is 1.73. The number of nitrogens with one attached hydrogen (secondary N) is 1. The van der Waals surface area contributed by atoms with Gasteiger partial charge in [0, 0.05) is 18.5 Å². The fourth-order valence-electron chi connectivity index (χ4n) is 2.20. The molecule has 0 bridgehead atoms. The number of ether oxygens (including phenoxy) is 1. The van der Waals surface area contributed by atoms with Crippen LogP contribution in [0.5, 0.6) is 0 Å². The number of thiophene rings is 1. The maximum absolute atomic E-state index is 12.1. The minimum absolute atomic E-state index is 0.102. The van der Waals surface area contributed by atoms with E-state index < -0.39 is 12.8 Å². The molecule has 0 aliphatic carbocycles. The highest BCUT2D eigenvalue weighted by molar-refractivity contribution is 7.10. The van der Waals surface area contributed by atoms with Crippen LogP contribution in [0, 0.1) is 6.92 Å². The quantitative estimate of drug-likeness (QED) is 0.763. The maximum Gasteiger partial charge on any atom is 0.411 e. The Labute approximate surface area is 154 Å². The first kappa shape index (κ1) is 20.3. The molecule has 0 spiro atoms. The number of hydrogen-bond donors (Lipinski definition) is 1. The summed E-state index contributed by atoms with van der Waals surface area (Å²) in [6, 6.07) is 8.74. The van der Waals surface area contributed by atoms with Crippen LogP contribution in [-0.4, -0.2) is 30.8 Å². The summed E-state index contributed by atoms with van der Waals surface area (Å²) in [4.78, 5) is 14.9. The van der Waals surface area contributed by atoms with Crippen molar-refractivity contribution in [1.29, 1.82) is 0 Å². The molecule has 8 heteroatoms. The summed E-state index contributed by atoms with van der Waals surface area (Å²) >= 11 is 1.62. The minimum Gasteiger partial charge on any atom is -0.367 e. The van der Waals surface area contributed by atoms with Gasteiger partial charge in [-0.2, -0.15) is 13.2 Å². The summed E-state index contributed by atoms with van der Waals surface area (Å²) in [5.41, 5.74) is 2.67. The average Bonchev–Trinajstić information content (AvgIpc) is 2.97. The molecular formula is C18H21F3N2O2S. The molecule has 0 aliphatic heterocycles. The van der Waals surface area contributed by atoms with E-state index in [9.17, 15) is 18.0 Å². The van der Waals surface area contributed by atoms with Crippen molar-refractivity contribution in [2.24, 2.45) is 0 Å². The smallest absolute Gasteiger partial charge is 0.367 e. The lowest BCUT2D eigenvalue weighted by atomic mass is 10.1. The zero-order chi connectivity index (χ0) is 19.2. The first-order chi connectivity index (χ1) is 12.2. The number of halogens is 3. The molecule has 1 aromatic carbocycles. The number of alkyl halides is 3. The normalized spacial score (nSPS) is 11.4. The van der Waals surface area contributed by atoms with Gasteiger partial charge in [-0.1, -0.05) is 24.3 Å². The Bertz CT molecular complexity index is 714. The molecule has 1 N–H and O–H groups in total. The number of carbonyl (C=O) groups is 1. The Balaban J connectivity index is 1.76. The Morgan fingerprint density at radius 2 is 1.85 bits per heavy atom. The molecule has 0 unspecified atom stereocenters. The van der Waals surface area contributed by atoms with E-state index in [1.54, 1.807) is 47.5 Å². The molecule has 0 radical (unpaired) electrons. The number of amides is 2. The molecule has 2 rings (SSSR count). The van der Waals surface area contributed by atoms with Gasteiger partial charge in [0.25, 0.3) is 0 Å². The highest BCUT2D eigenvalue weighted by atomic mass is 32.1. The van der Waals surface area contributed by atoms with Crippen molar-refractivity contribution in [1.82, 2.24) is 10.2 Å². The molecule has 2 aromatic rings. The number of rotatable bonds is 7. The zero-order valence-electron chi connectivity index (χ0n) is 14.6. The van der Waals surface area contributed by atoms with Gasteiger partial charge in [0.15, 0.2) is 0 Å². The third-order valence-electron chi connectivity index (χ3n) is 3.70. The van der Waals surface area contributed by atoms with Crippen LogP contribution in [0.3, 0.4) is 0 Å². The van der Waals surface area contributed by atoms with Crippen molar-refractivity contribution in [2.45, 2.75) is 32.8 Å². The van der Waals surface area contributed by atoms with Crippen molar-refractivity contribution in [3.05, 3.63) is 57.3 Å². The van der Waals surface area contributed by atoms with Gasteiger partial charge < -0.3 is 15.0 Å². The standard InChI is InChI=1S/C18H21F3N2O2S/c1-13-7-8-26-16(13)10-23(2)17(24)22-9-14-3-5-15(6-4-14)11-25-12-18(19,20)21/h3-8H,9-12H2,1-2H3,(H,22,24). The van der Waals surface area contributed by atoms with Crippen LogP contribution >= 0.6 is 11.3 Å². The summed E-state index contributed by atoms with van der Waals surface area (Å²) in [6.07, 6.45) is -4.32. The third kappa shape index (κ3) is 6.68. The molecule has 0 fully saturated rings. The molecule has 1 heterocycles. The van der Waals surface area contributed by atoms with E-state index >= 15 is 0 Å². The molecule has 26 heavy (non-hydrogen) atoms. The first-order valence-corrected chi connectivity index (χ1v) is 8.87. The Morgan fingerprint density at radius 1 is 1.19 bits per heavy atom. The van der Waals surface area contributed by atoms with Gasteiger partial charge in [-0.3, -0.25) is 0 Å². The molecule has 0 saturated carbocycles. The van der Waals surface area contributed by atoms with Crippen molar-refractivity contribution in [3.8, 4) is 0 Å². The predicted molar refractivity (Wildman–Crippen MR) is 94.9 cm³/mol. The SMILES string of the molecule is Cc1ccsc1CN(C)C(=O)NCc1ccc(COCC(F)(F)F)cc1. The van der Waals surface area contributed by atoms with Crippen LogP contribution in [0.15, 0.2) is 35.7 Å². The fourth-order valence-corrected chi connectivity index (χ4v) is 3.16. The van der Waals surface area contributed by atoms with Gasteiger partial charge in [-0.05, 0) is 35.1 Å². The van der Waals surface area contributed by atoms with Crippen molar-refractivity contribution >= 4 is 17.4 Å². The molecule has 0 saturated heterocycles. The van der Waals surface area contributed by atoms with Crippen LogP contribution in [0.25, 0.3) is 0 Å². The third-order valence-corrected chi connectivity index (χ3v) is 4.70. The van der Waals surface area contributed by atoms with Gasteiger partial charge >= 0.3 is 12.2 Å². The second-order valence-electron chi connectivity index (χ2n) is 5.97. The van der Waals surface area contributed by atoms with E-state index in [-0.39, 0.29) is 12.6 Å². The molecule has 1 aromatic heterocycles. The van der Waals surface area contributed by atoms with Gasteiger partial charge in [0.2, 0.25) is 0 Å². The zero-order valence-corrected chi connectivity index (χ0v) is 15.4. The molecule has 2 amide bonds. The Kier molecular flexibility index (Phi) is 7.05. The number of carbonyl (C=O) groups excluding carboxylic acids is 1. The predicted octanol–water partition coefficient (Wildman–Crippen LogP) is 4.48. The average molecular weight is 386 g/mol. The molecule has 0 aliphatic rings. The van der Waals surface area contributed by atoms with Crippen molar-refractivity contribution < 1.29 is 22.7 Å². The van der Waals surface area contributed by atoms with Crippen LogP contribution in [-0.2, 0) is 24.4 Å². The van der Waals surface area contributed by atoms with E-state index in [2.05, 4.69) is 10.1 Å². The monoisotopic (exact) mass is 386 g/mol. The second-order valence-corrected chi connectivity index (χ2v) is 6.97. The van der Waals surface area contributed by atoms with E-state index in [1.165, 1.54) is 0 Å². The summed E-state index contributed by atoms with van der Waals surface area (Å²) in [5.74, 6) is 0. The highest BCUT2D eigenvalue weighted by Crippen LogP contribution is 2.17. The van der Waals surface area contributed by atoms with E-state index in [1.807, 2.05) is 18.4 Å². The van der Waals surface area contributed by atoms with Crippen molar-refractivity contribution in [3.63, 3.8) is 0 Å². The lowest BCUT2D eigenvalue weighted by Gasteiger charge is -2.18. The molecule has 142 valence electrons. The molecule has 0 atom stereocenters. The van der Waals surface area contributed by atoms with Crippen LogP contribution in [0.4, 0.5) is 18.0 Å². The van der Waals surface area contributed by atoms with E-state index in [0.29, 0.717) is 18.7 Å². The molecular weight excluding hydrogens is 365 g/mol. The largest absolute Gasteiger partial charge is 0.411 e. The number of benzene rings is 1. The van der Waals surface area contributed by atoms with Gasteiger partial charge in [-0.15, -0.1) is 11.3 Å². The fraction of sp³-hybridized carbons (Fsp3) is 0.389. The van der Waals surface area contributed by atoms with E-state index in [4.69, 9.17) is 0 Å². The Hall–Kier alpha value is -2.06. The summed E-state index contributed by atoms with van der Waals surface area (Å²) in [6.45, 7) is 1.54. The highest BCUT2D eigenvalue weighted by Gasteiger charge is 2.27. The maximum atomic E-state index is 12.1. The van der Waals surface area contributed by atoms with Crippen LogP contribution < -0.4 is 5.32 Å². The van der Waals surface area contributed by atoms with E-state index in [0.717, 1.165) is 16.0 Å². The number of aryl methyl sites for hydroxylation is 1. The Morgan fingerprint density at radius 3 is 2.42 bits per heavy atom. The lowest BCUT2D eigenvalue weighted by molar-refractivity contribution is -0.176. The minimum atomic E-state index is -4.32. The van der Waals surface area contributed by atoms with Crippen LogP contribution in [0.2, 0.25) is 0 Å². The van der Waals surface area contributed by atoms with Gasteiger partial charge in [0.1, 0.15) is 6.61 Å². The first-order valence-electron chi connectivity index (χ1n) is 7.99.